The van der Waals surface area contributed by atoms with Crippen LogP contribution in [0, 0.1) is 15.9 Å². The number of nitrogens with one attached hydrogen (secondary N) is 1. The van der Waals surface area contributed by atoms with Crippen molar-refractivity contribution in [2.75, 3.05) is 0 Å². The molecule has 0 unspecified atom stereocenters. The van der Waals surface area contributed by atoms with Gasteiger partial charge >= 0.3 is 0 Å². The zero-order valence-corrected chi connectivity index (χ0v) is 10.6. The Morgan fingerprint density at radius 1 is 1.35 bits per heavy atom. The van der Waals surface area contributed by atoms with E-state index in [1.54, 1.807) is 0 Å². The summed E-state index contributed by atoms with van der Waals surface area (Å²) in [5.41, 5.74) is -0.734. The zero-order valence-electron chi connectivity index (χ0n) is 10.6. The Balaban J connectivity index is 2.13. The number of ketones is 1. The molecule has 1 aromatic carbocycles. The number of carbonyl (C=O) groups is 2. The van der Waals surface area contributed by atoms with Gasteiger partial charge in [0.1, 0.15) is 17.2 Å². The SMILES string of the molecule is O=C1CCC(NC(=O)c2ccc(F)cc2[N+](=O)[O-])CC1. The lowest BCUT2D eigenvalue weighted by Crippen LogP contribution is -2.38. The van der Waals surface area contributed by atoms with Crippen LogP contribution in [0.5, 0.6) is 0 Å². The third kappa shape index (κ3) is 3.17. The molecular formula is C13H13FN2O4. The van der Waals surface area contributed by atoms with Crippen molar-refractivity contribution in [1.82, 2.24) is 5.32 Å². The Morgan fingerprint density at radius 3 is 2.60 bits per heavy atom. The molecule has 1 saturated carbocycles. The first-order valence-electron chi connectivity index (χ1n) is 6.24. The minimum Gasteiger partial charge on any atom is -0.349 e. The van der Waals surface area contributed by atoms with Crippen molar-refractivity contribution in [3.8, 4) is 0 Å². The molecule has 0 heterocycles. The smallest absolute Gasteiger partial charge is 0.285 e. The van der Waals surface area contributed by atoms with E-state index in [9.17, 15) is 24.1 Å². The topological polar surface area (TPSA) is 89.3 Å². The van der Waals surface area contributed by atoms with Gasteiger partial charge in [-0.15, -0.1) is 0 Å². The number of nitrogens with zero attached hydrogens (tertiary/aromatic N) is 1. The number of carbonyl (C=O) groups excluding carboxylic acids is 2. The highest BCUT2D eigenvalue weighted by Gasteiger charge is 2.25. The molecule has 2 rings (SSSR count). The molecule has 0 radical (unpaired) electrons. The maximum absolute atomic E-state index is 13.0. The molecule has 1 aromatic rings. The normalized spacial score (nSPS) is 15.9. The van der Waals surface area contributed by atoms with Crippen molar-refractivity contribution in [2.24, 2.45) is 0 Å². The van der Waals surface area contributed by atoms with Crippen LogP contribution in [0.4, 0.5) is 10.1 Å². The van der Waals surface area contributed by atoms with Crippen molar-refractivity contribution >= 4 is 17.4 Å². The maximum Gasteiger partial charge on any atom is 0.285 e. The lowest BCUT2D eigenvalue weighted by atomic mass is 9.94. The summed E-state index contributed by atoms with van der Waals surface area (Å²) in [5, 5.41) is 13.5. The molecule has 0 bridgehead atoms. The number of amides is 1. The maximum atomic E-state index is 13.0. The molecule has 0 atom stereocenters. The summed E-state index contributed by atoms with van der Waals surface area (Å²) in [6.07, 6.45) is 1.85. The summed E-state index contributed by atoms with van der Waals surface area (Å²) in [6.45, 7) is 0. The third-order valence-electron chi connectivity index (χ3n) is 3.28. The molecule has 7 heteroatoms. The number of benzene rings is 1. The Bertz CT molecular complexity index is 563. The van der Waals surface area contributed by atoms with Gasteiger partial charge in [0.2, 0.25) is 0 Å². The Labute approximate surface area is 114 Å². The second-order valence-corrected chi connectivity index (χ2v) is 4.70. The van der Waals surface area contributed by atoms with Crippen molar-refractivity contribution in [3.05, 3.63) is 39.7 Å². The van der Waals surface area contributed by atoms with E-state index >= 15 is 0 Å². The van der Waals surface area contributed by atoms with Gasteiger partial charge in [0, 0.05) is 18.9 Å². The number of hydrogen-bond donors (Lipinski definition) is 1. The van der Waals surface area contributed by atoms with Crippen LogP contribution in [0.15, 0.2) is 18.2 Å². The summed E-state index contributed by atoms with van der Waals surface area (Å²) < 4.78 is 13.0. The van der Waals surface area contributed by atoms with Crippen molar-refractivity contribution < 1.29 is 18.9 Å². The number of Topliss-reactive ketones (excluding diaryl/α,β-unsaturated/α-hetero) is 1. The van der Waals surface area contributed by atoms with E-state index in [4.69, 9.17) is 0 Å². The molecule has 106 valence electrons. The molecule has 1 amide bonds. The van der Waals surface area contributed by atoms with Gasteiger partial charge in [-0.1, -0.05) is 0 Å². The monoisotopic (exact) mass is 280 g/mol. The number of rotatable bonds is 3. The predicted molar refractivity (Wildman–Crippen MR) is 67.8 cm³/mol. The van der Waals surface area contributed by atoms with Crippen LogP contribution < -0.4 is 5.32 Å². The van der Waals surface area contributed by atoms with Gasteiger partial charge in [-0.3, -0.25) is 19.7 Å². The standard InChI is InChI=1S/C13H13FN2O4/c14-8-1-6-11(12(7-8)16(19)20)13(18)15-9-2-4-10(17)5-3-9/h1,6-7,9H,2-5H2,(H,15,18). The van der Waals surface area contributed by atoms with E-state index in [0.717, 1.165) is 18.2 Å². The zero-order chi connectivity index (χ0) is 14.7. The Morgan fingerprint density at radius 2 is 2.00 bits per heavy atom. The van der Waals surface area contributed by atoms with Crippen molar-refractivity contribution in [3.63, 3.8) is 0 Å². The third-order valence-corrected chi connectivity index (χ3v) is 3.28. The number of nitro groups is 1. The quantitative estimate of drug-likeness (QED) is 0.677. The highest BCUT2D eigenvalue weighted by atomic mass is 19.1. The molecule has 1 aliphatic rings. The average Bonchev–Trinajstić information content (AvgIpc) is 2.41. The second kappa shape index (κ2) is 5.77. The first kappa shape index (κ1) is 14.1. The van der Waals surface area contributed by atoms with Crippen LogP contribution in [0.1, 0.15) is 36.0 Å². The van der Waals surface area contributed by atoms with E-state index in [2.05, 4.69) is 5.32 Å². The fourth-order valence-electron chi connectivity index (χ4n) is 2.20. The lowest BCUT2D eigenvalue weighted by molar-refractivity contribution is -0.385. The van der Waals surface area contributed by atoms with Crippen LogP contribution in [0.2, 0.25) is 0 Å². The van der Waals surface area contributed by atoms with E-state index < -0.39 is 22.3 Å². The summed E-state index contributed by atoms with van der Waals surface area (Å²) in [4.78, 5) is 33.1. The van der Waals surface area contributed by atoms with Crippen molar-refractivity contribution in [2.45, 2.75) is 31.7 Å². The van der Waals surface area contributed by atoms with Gasteiger partial charge in [0.25, 0.3) is 11.6 Å². The molecule has 1 fully saturated rings. The van der Waals surface area contributed by atoms with E-state index in [1.807, 2.05) is 0 Å². The summed E-state index contributed by atoms with van der Waals surface area (Å²) in [5.74, 6) is -1.23. The van der Waals surface area contributed by atoms with Crippen LogP contribution in [-0.4, -0.2) is 22.7 Å². The van der Waals surface area contributed by atoms with Crippen LogP contribution >= 0.6 is 0 Å². The van der Waals surface area contributed by atoms with Gasteiger partial charge in [0.15, 0.2) is 0 Å². The van der Waals surface area contributed by atoms with Gasteiger partial charge in [-0.25, -0.2) is 4.39 Å². The molecule has 6 nitrogen and oxygen atoms in total. The van der Waals surface area contributed by atoms with Gasteiger partial charge in [0.05, 0.1) is 11.0 Å². The summed E-state index contributed by atoms with van der Waals surface area (Å²) in [6, 6.07) is 2.65. The van der Waals surface area contributed by atoms with Crippen LogP contribution in [0.25, 0.3) is 0 Å². The Hall–Kier alpha value is -2.31. The predicted octanol–water partition coefficient (Wildman–Crippen LogP) is 1.98. The molecule has 1 aliphatic carbocycles. The first-order chi connectivity index (χ1) is 9.47. The van der Waals surface area contributed by atoms with Crippen LogP contribution in [-0.2, 0) is 4.79 Å². The highest BCUT2D eigenvalue weighted by molar-refractivity contribution is 5.98. The van der Waals surface area contributed by atoms with Gasteiger partial charge < -0.3 is 5.32 Å². The van der Waals surface area contributed by atoms with E-state index in [-0.39, 0.29) is 17.4 Å². The minimum atomic E-state index is -0.789. The number of halogens is 1. The number of nitro benzene ring substituents is 1. The first-order valence-corrected chi connectivity index (χ1v) is 6.24. The average molecular weight is 280 g/mol. The number of hydrogen-bond acceptors (Lipinski definition) is 4. The summed E-state index contributed by atoms with van der Waals surface area (Å²) >= 11 is 0. The largest absolute Gasteiger partial charge is 0.349 e. The molecule has 0 aromatic heterocycles. The van der Waals surface area contributed by atoms with E-state index in [0.29, 0.717) is 25.7 Å². The molecule has 20 heavy (non-hydrogen) atoms. The van der Waals surface area contributed by atoms with Gasteiger partial charge in [-0.2, -0.15) is 0 Å². The Kier molecular flexibility index (Phi) is 4.07. The summed E-state index contributed by atoms with van der Waals surface area (Å²) in [7, 11) is 0. The fraction of sp³-hybridized carbons (Fsp3) is 0.385. The molecule has 0 spiro atoms. The van der Waals surface area contributed by atoms with Crippen LogP contribution in [0.3, 0.4) is 0 Å². The lowest BCUT2D eigenvalue weighted by Gasteiger charge is -2.22. The molecular weight excluding hydrogens is 267 g/mol. The fourth-order valence-corrected chi connectivity index (χ4v) is 2.20. The molecule has 0 saturated heterocycles. The van der Waals surface area contributed by atoms with Gasteiger partial charge in [-0.05, 0) is 25.0 Å². The second-order valence-electron chi connectivity index (χ2n) is 4.70. The minimum absolute atomic E-state index is 0.156. The highest BCUT2D eigenvalue weighted by Crippen LogP contribution is 2.21. The molecule has 1 N–H and O–H groups in total. The van der Waals surface area contributed by atoms with Crippen molar-refractivity contribution in [1.29, 1.82) is 0 Å². The van der Waals surface area contributed by atoms with E-state index in [1.165, 1.54) is 0 Å². The molecule has 0 aliphatic heterocycles.